The minimum atomic E-state index is -0.295. The first-order chi connectivity index (χ1) is 13.6. The molecule has 0 spiro atoms. The third kappa shape index (κ3) is 6.38. The van der Waals surface area contributed by atoms with Crippen LogP contribution in [0.5, 0.6) is 5.95 Å². The summed E-state index contributed by atoms with van der Waals surface area (Å²) in [4.78, 5) is 11.8. The van der Waals surface area contributed by atoms with Crippen LogP contribution >= 0.6 is 22.6 Å². The van der Waals surface area contributed by atoms with Crippen molar-refractivity contribution in [2.75, 3.05) is 11.9 Å². The van der Waals surface area contributed by atoms with E-state index in [1.165, 1.54) is 18.3 Å². The van der Waals surface area contributed by atoms with E-state index in [9.17, 15) is 9.18 Å². The lowest BCUT2D eigenvalue weighted by Crippen LogP contribution is -2.25. The highest BCUT2D eigenvalue weighted by Crippen LogP contribution is 2.16. The maximum Gasteiger partial charge on any atom is 0.285 e. The molecule has 0 saturated carbocycles. The van der Waals surface area contributed by atoms with Crippen LogP contribution in [0.1, 0.15) is 11.3 Å². The van der Waals surface area contributed by atoms with Gasteiger partial charge in [0.2, 0.25) is 0 Å². The number of hydrazone groups is 1. The van der Waals surface area contributed by atoms with Gasteiger partial charge >= 0.3 is 0 Å². The zero-order valence-corrected chi connectivity index (χ0v) is 16.9. The Morgan fingerprint density at radius 2 is 1.86 bits per heavy atom. The molecule has 0 atom stereocenters. The number of benzene rings is 2. The van der Waals surface area contributed by atoms with Crippen LogP contribution < -0.4 is 15.5 Å². The van der Waals surface area contributed by atoms with E-state index in [0.29, 0.717) is 11.7 Å². The molecule has 0 unspecified atom stereocenters. The van der Waals surface area contributed by atoms with Crippen molar-refractivity contribution in [1.82, 2.24) is 5.43 Å². The van der Waals surface area contributed by atoms with E-state index in [-0.39, 0.29) is 24.9 Å². The van der Waals surface area contributed by atoms with Gasteiger partial charge in [0, 0.05) is 15.3 Å². The van der Waals surface area contributed by atoms with Gasteiger partial charge in [0.25, 0.3) is 11.9 Å². The summed E-state index contributed by atoms with van der Waals surface area (Å²) in [6.07, 6.45) is 1.38. The second-order valence-electron chi connectivity index (χ2n) is 5.73. The summed E-state index contributed by atoms with van der Waals surface area (Å²) in [6, 6.07) is 17.0. The van der Waals surface area contributed by atoms with Gasteiger partial charge in [0.1, 0.15) is 12.4 Å². The number of rotatable bonds is 8. The number of carbonyl (C=O) groups excluding carboxylic acids is 1. The Labute approximate surface area is 174 Å². The third-order valence-corrected chi connectivity index (χ3v) is 4.29. The maximum absolute atomic E-state index is 12.9. The number of hydrogen-bond acceptors (Lipinski definition) is 5. The third-order valence-electron chi connectivity index (χ3n) is 3.57. The SMILES string of the molecule is O=C(CNc1ccc(I)cc1)N/N=C/c1ccc(OCc2ccc(F)cc2)o1. The Morgan fingerprint density at radius 3 is 2.61 bits per heavy atom. The van der Waals surface area contributed by atoms with E-state index in [0.717, 1.165) is 14.8 Å². The number of nitrogens with one attached hydrogen (secondary N) is 2. The van der Waals surface area contributed by atoms with Crippen LogP contribution in [0, 0.1) is 9.39 Å². The van der Waals surface area contributed by atoms with Gasteiger partial charge in [-0.3, -0.25) is 4.79 Å². The summed E-state index contributed by atoms with van der Waals surface area (Å²) in [5.41, 5.74) is 4.09. The lowest BCUT2D eigenvalue weighted by Gasteiger charge is -2.04. The topological polar surface area (TPSA) is 75.9 Å². The number of furan rings is 1. The normalized spacial score (nSPS) is 10.8. The molecule has 3 aromatic rings. The number of amides is 1. The summed E-state index contributed by atoms with van der Waals surface area (Å²) >= 11 is 2.22. The molecule has 0 saturated heterocycles. The van der Waals surface area contributed by atoms with E-state index in [4.69, 9.17) is 9.15 Å². The molecule has 2 aromatic carbocycles. The molecule has 28 heavy (non-hydrogen) atoms. The zero-order valence-electron chi connectivity index (χ0n) is 14.7. The van der Waals surface area contributed by atoms with Crippen molar-refractivity contribution in [3.05, 3.63) is 81.4 Å². The summed E-state index contributed by atoms with van der Waals surface area (Å²) in [7, 11) is 0. The van der Waals surface area contributed by atoms with Crippen LogP contribution in [0.15, 0.2) is 70.2 Å². The molecule has 0 aliphatic rings. The van der Waals surface area contributed by atoms with E-state index in [1.54, 1.807) is 24.3 Å². The van der Waals surface area contributed by atoms with Crippen molar-refractivity contribution < 1.29 is 18.3 Å². The quantitative estimate of drug-likeness (QED) is 0.281. The summed E-state index contributed by atoms with van der Waals surface area (Å²) < 4.78 is 24.9. The molecular formula is C20H17FIN3O3. The molecule has 0 radical (unpaired) electrons. The fraction of sp³-hybridized carbons (Fsp3) is 0.100. The van der Waals surface area contributed by atoms with Gasteiger partial charge in [-0.05, 0) is 70.6 Å². The molecule has 6 nitrogen and oxygen atoms in total. The highest BCUT2D eigenvalue weighted by molar-refractivity contribution is 14.1. The molecule has 0 aliphatic carbocycles. The first-order valence-corrected chi connectivity index (χ1v) is 9.45. The van der Waals surface area contributed by atoms with Gasteiger partial charge in [0.05, 0.1) is 12.8 Å². The summed E-state index contributed by atoms with van der Waals surface area (Å²) in [5.74, 6) is 0.155. The highest BCUT2D eigenvalue weighted by Gasteiger charge is 2.03. The molecule has 3 rings (SSSR count). The monoisotopic (exact) mass is 493 g/mol. The molecule has 1 amide bonds. The van der Waals surface area contributed by atoms with Crippen molar-refractivity contribution >= 4 is 40.4 Å². The van der Waals surface area contributed by atoms with Gasteiger partial charge < -0.3 is 14.5 Å². The average Bonchev–Trinajstić information content (AvgIpc) is 3.15. The van der Waals surface area contributed by atoms with E-state index >= 15 is 0 Å². The minimum absolute atomic E-state index is 0.0993. The molecule has 8 heteroatoms. The van der Waals surface area contributed by atoms with Gasteiger partial charge in [-0.1, -0.05) is 12.1 Å². The van der Waals surface area contributed by atoms with Crippen LogP contribution in [-0.2, 0) is 11.4 Å². The van der Waals surface area contributed by atoms with Gasteiger partial charge in [-0.15, -0.1) is 0 Å². The summed E-state index contributed by atoms with van der Waals surface area (Å²) in [5, 5.41) is 6.86. The first kappa shape index (κ1) is 19.9. The van der Waals surface area contributed by atoms with Crippen molar-refractivity contribution in [2.45, 2.75) is 6.61 Å². The van der Waals surface area contributed by atoms with Crippen molar-refractivity contribution in [3.63, 3.8) is 0 Å². The highest BCUT2D eigenvalue weighted by atomic mass is 127. The molecule has 144 valence electrons. The van der Waals surface area contributed by atoms with Crippen LogP contribution in [0.25, 0.3) is 0 Å². The second kappa shape index (κ2) is 9.88. The van der Waals surface area contributed by atoms with E-state index in [2.05, 4.69) is 38.4 Å². The number of hydrogen-bond donors (Lipinski definition) is 2. The fourth-order valence-corrected chi connectivity index (χ4v) is 2.53. The molecule has 0 bridgehead atoms. The number of halogens is 2. The van der Waals surface area contributed by atoms with Crippen LogP contribution in [-0.4, -0.2) is 18.7 Å². The fourth-order valence-electron chi connectivity index (χ4n) is 2.17. The van der Waals surface area contributed by atoms with Crippen LogP contribution in [0.4, 0.5) is 10.1 Å². The van der Waals surface area contributed by atoms with Gasteiger partial charge in [-0.25, -0.2) is 9.82 Å². The standard InChI is InChI=1S/C20H17FIN3O3/c21-15-3-1-14(2-4-15)13-27-20-10-9-18(28-20)11-24-25-19(26)12-23-17-7-5-16(22)6-8-17/h1-11,23H,12-13H2,(H,25,26)/b24-11+. The smallest absolute Gasteiger partial charge is 0.285 e. The average molecular weight is 493 g/mol. The Morgan fingerprint density at radius 1 is 1.11 bits per heavy atom. The second-order valence-corrected chi connectivity index (χ2v) is 6.97. The molecule has 1 heterocycles. The Balaban J connectivity index is 1.41. The largest absolute Gasteiger partial charge is 0.460 e. The number of anilines is 1. The Bertz CT molecular complexity index is 940. The first-order valence-electron chi connectivity index (χ1n) is 8.37. The lowest BCUT2D eigenvalue weighted by molar-refractivity contribution is -0.119. The van der Waals surface area contributed by atoms with Gasteiger partial charge in [-0.2, -0.15) is 5.10 Å². The number of ether oxygens (including phenoxy) is 1. The number of nitrogens with zero attached hydrogens (tertiary/aromatic N) is 1. The van der Waals surface area contributed by atoms with Crippen molar-refractivity contribution in [2.24, 2.45) is 5.10 Å². The molecule has 0 fully saturated rings. The van der Waals surface area contributed by atoms with Gasteiger partial charge in [0.15, 0.2) is 5.76 Å². The van der Waals surface area contributed by atoms with Crippen molar-refractivity contribution in [1.29, 1.82) is 0 Å². The molecule has 2 N–H and O–H groups in total. The summed E-state index contributed by atoms with van der Waals surface area (Å²) in [6.45, 7) is 0.355. The van der Waals surface area contributed by atoms with Crippen LogP contribution in [0.3, 0.4) is 0 Å². The Hall–Kier alpha value is -2.88. The number of carbonyl (C=O) groups is 1. The molecule has 0 aliphatic heterocycles. The lowest BCUT2D eigenvalue weighted by atomic mass is 10.2. The minimum Gasteiger partial charge on any atom is -0.460 e. The van der Waals surface area contributed by atoms with E-state index in [1.807, 2.05) is 24.3 Å². The molecule has 1 aromatic heterocycles. The predicted octanol–water partition coefficient (Wildman–Crippen LogP) is 4.16. The predicted molar refractivity (Wildman–Crippen MR) is 113 cm³/mol. The van der Waals surface area contributed by atoms with E-state index < -0.39 is 0 Å². The zero-order chi connectivity index (χ0) is 19.8. The maximum atomic E-state index is 12.9. The molecular weight excluding hydrogens is 476 g/mol. The van der Waals surface area contributed by atoms with Crippen molar-refractivity contribution in [3.8, 4) is 5.95 Å². The Kier molecular flexibility index (Phi) is 7.01. The van der Waals surface area contributed by atoms with Crippen LogP contribution in [0.2, 0.25) is 0 Å².